The lowest BCUT2D eigenvalue weighted by atomic mass is 10.1. The maximum atomic E-state index is 5.93. The van der Waals surface area contributed by atoms with Crippen molar-refractivity contribution in [2.45, 2.75) is 31.3 Å². The van der Waals surface area contributed by atoms with Crippen LogP contribution in [0.15, 0.2) is 34.5 Å². The molecule has 0 amide bonds. The molecule has 2 aromatic rings. The third-order valence-electron chi connectivity index (χ3n) is 3.17. The molecule has 2 heterocycles. The highest BCUT2D eigenvalue weighted by Gasteiger charge is 2.19. The summed E-state index contributed by atoms with van der Waals surface area (Å²) in [5, 5.41) is 14.8. The second kappa shape index (κ2) is 7.42. The molecule has 0 spiro atoms. The van der Waals surface area contributed by atoms with E-state index in [9.17, 15) is 0 Å². The van der Waals surface area contributed by atoms with Crippen LogP contribution in [0.25, 0.3) is 0 Å². The first-order valence-electron chi connectivity index (χ1n) is 6.69. The van der Waals surface area contributed by atoms with Gasteiger partial charge in [-0.25, -0.2) is 0 Å². The quantitative estimate of drug-likeness (QED) is 0.789. The highest BCUT2D eigenvalue weighted by Crippen LogP contribution is 2.25. The fourth-order valence-corrected chi connectivity index (χ4v) is 3.03. The molecular formula is C14H16BrClN4S. The number of aromatic nitrogens is 3. The summed E-state index contributed by atoms with van der Waals surface area (Å²) in [7, 11) is 0. The van der Waals surface area contributed by atoms with Crippen molar-refractivity contribution in [1.82, 2.24) is 14.9 Å². The molecule has 1 aliphatic rings. The number of fused-ring (bicyclic) bond motifs is 1. The molecule has 1 aromatic carbocycles. The molecule has 0 radical (unpaired) electrons. The average molecular weight is 388 g/mol. The van der Waals surface area contributed by atoms with E-state index in [2.05, 4.69) is 17.1 Å². The van der Waals surface area contributed by atoms with Crippen molar-refractivity contribution in [3.8, 4) is 0 Å². The maximum absolute atomic E-state index is 5.93. The number of benzene rings is 1. The zero-order valence-corrected chi connectivity index (χ0v) is 14.9. The Morgan fingerprint density at radius 1 is 1.24 bits per heavy atom. The monoisotopic (exact) mass is 386 g/mol. The minimum Gasteiger partial charge on any atom is -0.191 e. The van der Waals surface area contributed by atoms with Crippen molar-refractivity contribution in [2.24, 2.45) is 5.10 Å². The highest BCUT2D eigenvalue weighted by atomic mass is 79.9. The van der Waals surface area contributed by atoms with Crippen molar-refractivity contribution in [3.05, 3.63) is 40.7 Å². The topological polar surface area (TPSA) is 43.1 Å². The largest absolute Gasteiger partial charge is 0.212 e. The summed E-state index contributed by atoms with van der Waals surface area (Å²) in [6, 6.07) is 7.79. The number of aryl methyl sites for hydroxylation is 1. The molecule has 1 aromatic heterocycles. The van der Waals surface area contributed by atoms with E-state index >= 15 is 0 Å². The van der Waals surface area contributed by atoms with Crippen LogP contribution >= 0.6 is 40.3 Å². The Hall–Kier alpha value is -0.850. The van der Waals surface area contributed by atoms with Gasteiger partial charge in [0.05, 0.1) is 5.71 Å². The van der Waals surface area contributed by atoms with Gasteiger partial charge in [0.25, 0.3) is 0 Å². The van der Waals surface area contributed by atoms with Gasteiger partial charge in [-0.1, -0.05) is 48.8 Å². The first-order valence-corrected chi connectivity index (χ1v) is 8.05. The van der Waals surface area contributed by atoms with Gasteiger partial charge in [0, 0.05) is 17.2 Å². The van der Waals surface area contributed by atoms with E-state index in [1.54, 1.807) is 11.8 Å². The van der Waals surface area contributed by atoms with Crippen LogP contribution in [-0.4, -0.2) is 26.3 Å². The molecule has 4 nitrogen and oxygen atoms in total. The van der Waals surface area contributed by atoms with Crippen molar-refractivity contribution < 1.29 is 0 Å². The van der Waals surface area contributed by atoms with Crippen LogP contribution in [0.5, 0.6) is 0 Å². The summed E-state index contributed by atoms with van der Waals surface area (Å²) < 4.78 is 1.88. The molecule has 0 saturated heterocycles. The van der Waals surface area contributed by atoms with Crippen molar-refractivity contribution >= 4 is 46.1 Å². The Labute approximate surface area is 143 Å². The lowest BCUT2D eigenvalue weighted by Gasteiger charge is -2.13. The number of nitrogens with zero attached hydrogens (tertiary/aromatic N) is 4. The van der Waals surface area contributed by atoms with Crippen LogP contribution in [-0.2, 0) is 6.42 Å². The average Bonchev–Trinajstić information content (AvgIpc) is 2.88. The number of unbranched alkanes of at least 4 members (excludes halogenated alkanes) is 1. The summed E-state index contributed by atoms with van der Waals surface area (Å²) in [6.45, 7) is 2.17. The fraction of sp³-hybridized carbons (Fsp3) is 0.357. The number of thioether (sulfide) groups is 1. The van der Waals surface area contributed by atoms with Gasteiger partial charge < -0.3 is 0 Å². The van der Waals surface area contributed by atoms with E-state index in [-0.39, 0.29) is 17.0 Å². The normalized spacial score (nSPS) is 13.3. The minimum absolute atomic E-state index is 0. The van der Waals surface area contributed by atoms with Gasteiger partial charge in [-0.15, -0.1) is 27.2 Å². The molecule has 0 N–H and O–H groups in total. The van der Waals surface area contributed by atoms with E-state index in [1.165, 1.54) is 0 Å². The minimum atomic E-state index is 0. The maximum Gasteiger partial charge on any atom is 0.212 e. The van der Waals surface area contributed by atoms with Crippen LogP contribution in [0, 0.1) is 0 Å². The van der Waals surface area contributed by atoms with E-state index in [4.69, 9.17) is 16.7 Å². The predicted octanol–water partition coefficient (Wildman–Crippen LogP) is 4.21. The van der Waals surface area contributed by atoms with Gasteiger partial charge in [-0.05, 0) is 24.1 Å². The lowest BCUT2D eigenvalue weighted by molar-refractivity contribution is 0.671. The second-order valence-electron chi connectivity index (χ2n) is 4.66. The Balaban J connectivity index is 0.00000161. The van der Waals surface area contributed by atoms with E-state index < -0.39 is 0 Å². The predicted molar refractivity (Wildman–Crippen MR) is 93.1 cm³/mol. The molecule has 0 fully saturated rings. The van der Waals surface area contributed by atoms with Gasteiger partial charge >= 0.3 is 0 Å². The Bertz CT molecular complexity index is 639. The number of rotatable bonds is 4. The SMILES string of the molecule is Br.CCCCc1nnc2n1N=C(c1ccc(Cl)cc1)CS2. The van der Waals surface area contributed by atoms with Crippen LogP contribution in [0.2, 0.25) is 5.02 Å². The second-order valence-corrected chi connectivity index (χ2v) is 6.04. The number of hydrogen-bond acceptors (Lipinski definition) is 4. The molecule has 0 aliphatic carbocycles. The van der Waals surface area contributed by atoms with Crippen LogP contribution < -0.4 is 0 Å². The summed E-state index contributed by atoms with van der Waals surface area (Å²) in [5.41, 5.74) is 2.14. The van der Waals surface area contributed by atoms with Crippen molar-refractivity contribution in [1.29, 1.82) is 0 Å². The van der Waals surface area contributed by atoms with Gasteiger partial charge in [-0.2, -0.15) is 9.78 Å². The summed E-state index contributed by atoms with van der Waals surface area (Å²) >= 11 is 7.60. The highest BCUT2D eigenvalue weighted by molar-refractivity contribution is 8.93. The fourth-order valence-electron chi connectivity index (χ4n) is 2.04. The lowest BCUT2D eigenvalue weighted by Crippen LogP contribution is -2.14. The molecule has 0 unspecified atom stereocenters. The zero-order chi connectivity index (χ0) is 13.9. The first-order chi connectivity index (χ1) is 9.78. The summed E-state index contributed by atoms with van der Waals surface area (Å²) in [6.07, 6.45) is 3.17. The van der Waals surface area contributed by atoms with Crippen LogP contribution in [0.4, 0.5) is 0 Å². The van der Waals surface area contributed by atoms with E-state index in [1.807, 2.05) is 28.9 Å². The molecular weight excluding hydrogens is 372 g/mol. The Morgan fingerprint density at radius 2 is 2.00 bits per heavy atom. The third-order valence-corrected chi connectivity index (χ3v) is 4.35. The molecule has 0 atom stereocenters. The van der Waals surface area contributed by atoms with Crippen molar-refractivity contribution in [3.63, 3.8) is 0 Å². The number of hydrogen-bond donors (Lipinski definition) is 0. The molecule has 3 rings (SSSR count). The van der Waals surface area contributed by atoms with Gasteiger partial charge in [-0.3, -0.25) is 0 Å². The number of halogens is 2. The van der Waals surface area contributed by atoms with Gasteiger partial charge in [0.1, 0.15) is 0 Å². The van der Waals surface area contributed by atoms with E-state index in [0.29, 0.717) is 0 Å². The van der Waals surface area contributed by atoms with E-state index in [0.717, 1.165) is 52.3 Å². The van der Waals surface area contributed by atoms with Crippen LogP contribution in [0.1, 0.15) is 31.2 Å². The third kappa shape index (κ3) is 3.67. The van der Waals surface area contributed by atoms with Crippen molar-refractivity contribution in [2.75, 3.05) is 5.75 Å². The molecule has 7 heteroatoms. The summed E-state index contributed by atoms with van der Waals surface area (Å²) in [5.74, 6) is 1.76. The standard InChI is InChI=1S/C14H15ClN4S.BrH/c1-2-3-4-13-16-17-14-19(13)18-12(9-20-14)10-5-7-11(15)8-6-10;/h5-8H,2-4,9H2,1H3;1H. The molecule has 21 heavy (non-hydrogen) atoms. The Kier molecular flexibility index (Phi) is 5.84. The molecule has 0 bridgehead atoms. The van der Waals surface area contributed by atoms with Gasteiger partial charge in [0.15, 0.2) is 5.82 Å². The van der Waals surface area contributed by atoms with Gasteiger partial charge in [0.2, 0.25) is 5.16 Å². The molecule has 1 aliphatic heterocycles. The summed E-state index contributed by atoms with van der Waals surface area (Å²) in [4.78, 5) is 0. The Morgan fingerprint density at radius 3 is 2.71 bits per heavy atom. The smallest absolute Gasteiger partial charge is 0.191 e. The zero-order valence-electron chi connectivity index (χ0n) is 11.6. The first kappa shape index (κ1) is 16.5. The molecule has 112 valence electrons. The van der Waals surface area contributed by atoms with Crippen LogP contribution in [0.3, 0.4) is 0 Å². The molecule has 0 saturated carbocycles.